The first-order valence-electron chi connectivity index (χ1n) is 11.0. The summed E-state index contributed by atoms with van der Waals surface area (Å²) in [5.41, 5.74) is 0.543. The Balaban J connectivity index is 1.53. The highest BCUT2D eigenvalue weighted by atomic mass is 32.2. The third-order valence-corrected chi connectivity index (χ3v) is 7.63. The van der Waals surface area contributed by atoms with E-state index in [1.807, 2.05) is 6.92 Å². The van der Waals surface area contributed by atoms with Crippen LogP contribution in [0.1, 0.15) is 57.6 Å². The molecule has 1 heterocycles. The fraction of sp³-hybridized carbons (Fsp3) is 0.591. The van der Waals surface area contributed by atoms with E-state index in [2.05, 4.69) is 15.4 Å². The van der Waals surface area contributed by atoms with Crippen LogP contribution in [0.5, 0.6) is 0 Å². The number of sulfonamides is 1. The lowest BCUT2D eigenvalue weighted by Crippen LogP contribution is -2.54. The molecule has 1 aromatic rings. The van der Waals surface area contributed by atoms with E-state index in [0.29, 0.717) is 12.0 Å². The molecule has 0 bridgehead atoms. The van der Waals surface area contributed by atoms with Crippen molar-refractivity contribution in [1.29, 1.82) is 0 Å². The van der Waals surface area contributed by atoms with Gasteiger partial charge in [-0.2, -0.15) is 0 Å². The van der Waals surface area contributed by atoms with E-state index in [1.165, 1.54) is 0 Å². The first-order chi connectivity index (χ1) is 15.0. The summed E-state index contributed by atoms with van der Waals surface area (Å²) < 4.78 is 26.6. The van der Waals surface area contributed by atoms with E-state index in [1.54, 1.807) is 38.1 Å². The predicted molar refractivity (Wildman–Crippen MR) is 120 cm³/mol. The highest BCUT2D eigenvalue weighted by Crippen LogP contribution is 2.38. The number of benzene rings is 1. The molecule has 2 fully saturated rings. The van der Waals surface area contributed by atoms with Crippen molar-refractivity contribution >= 4 is 27.9 Å². The molecule has 2 aliphatic rings. The third-order valence-electron chi connectivity index (χ3n) is 6.09. The van der Waals surface area contributed by atoms with Gasteiger partial charge in [0.15, 0.2) is 0 Å². The summed E-state index contributed by atoms with van der Waals surface area (Å²) in [5.74, 6) is -0.824. The molecule has 1 aliphatic carbocycles. The van der Waals surface area contributed by atoms with Gasteiger partial charge in [-0.25, -0.2) is 17.9 Å². The van der Waals surface area contributed by atoms with Crippen LogP contribution in [0.4, 0.5) is 4.79 Å². The molecule has 0 radical (unpaired) electrons. The minimum Gasteiger partial charge on any atom is -0.350 e. The van der Waals surface area contributed by atoms with E-state index in [4.69, 9.17) is 0 Å². The zero-order valence-electron chi connectivity index (χ0n) is 18.8. The molecule has 1 aliphatic heterocycles. The molecule has 176 valence electrons. The maximum atomic E-state index is 12.9. The Morgan fingerprint density at radius 3 is 2.47 bits per heavy atom. The first kappa shape index (κ1) is 24.2. The van der Waals surface area contributed by atoms with Gasteiger partial charge in [0.2, 0.25) is 15.9 Å². The summed E-state index contributed by atoms with van der Waals surface area (Å²) in [7, 11) is -3.41. The first-order valence-corrected chi connectivity index (χ1v) is 12.7. The van der Waals surface area contributed by atoms with Crippen molar-refractivity contribution in [3.8, 4) is 0 Å². The SMILES string of the molecule is CC(C)NS(=O)(=O)Cc1ccc(CNC(=O)CN2C(=O)N[C@@]3(CCCC[C@H]3C)C2=O)cc1. The van der Waals surface area contributed by atoms with Gasteiger partial charge < -0.3 is 10.6 Å². The Bertz CT molecular complexity index is 977. The van der Waals surface area contributed by atoms with Crippen molar-refractivity contribution in [3.05, 3.63) is 35.4 Å². The van der Waals surface area contributed by atoms with Crippen LogP contribution in [0.2, 0.25) is 0 Å². The number of carbonyl (C=O) groups excluding carboxylic acids is 3. The molecule has 0 unspecified atom stereocenters. The van der Waals surface area contributed by atoms with Crippen LogP contribution in [0.3, 0.4) is 0 Å². The minimum absolute atomic E-state index is 0.0406. The summed E-state index contributed by atoms with van der Waals surface area (Å²) in [6.07, 6.45) is 3.38. The monoisotopic (exact) mass is 464 g/mol. The molecule has 1 spiro atoms. The maximum Gasteiger partial charge on any atom is 0.325 e. The normalized spacial score (nSPS) is 23.6. The molecule has 10 heteroatoms. The number of hydrogen-bond donors (Lipinski definition) is 3. The molecule has 3 N–H and O–H groups in total. The average molecular weight is 465 g/mol. The lowest BCUT2D eigenvalue weighted by Gasteiger charge is -2.36. The number of rotatable bonds is 8. The maximum absolute atomic E-state index is 12.9. The number of hydrogen-bond acceptors (Lipinski definition) is 5. The summed E-state index contributed by atoms with van der Waals surface area (Å²) in [4.78, 5) is 38.7. The topological polar surface area (TPSA) is 125 Å². The minimum atomic E-state index is -3.41. The zero-order chi connectivity index (χ0) is 23.5. The van der Waals surface area contributed by atoms with Crippen LogP contribution >= 0.6 is 0 Å². The second-order valence-corrected chi connectivity index (χ2v) is 10.8. The second-order valence-electron chi connectivity index (χ2n) is 9.06. The number of amides is 4. The predicted octanol–water partition coefficient (Wildman–Crippen LogP) is 1.63. The van der Waals surface area contributed by atoms with Gasteiger partial charge in [0.05, 0.1) is 5.75 Å². The average Bonchev–Trinajstić information content (AvgIpc) is 2.93. The van der Waals surface area contributed by atoms with E-state index in [-0.39, 0.29) is 36.7 Å². The number of imide groups is 1. The van der Waals surface area contributed by atoms with Crippen molar-refractivity contribution in [2.75, 3.05) is 6.54 Å². The second kappa shape index (κ2) is 9.58. The van der Waals surface area contributed by atoms with Crippen LogP contribution in [0.25, 0.3) is 0 Å². The summed E-state index contributed by atoms with van der Waals surface area (Å²) in [6.45, 7) is 5.38. The summed E-state index contributed by atoms with van der Waals surface area (Å²) in [5, 5.41) is 5.56. The van der Waals surface area contributed by atoms with Crippen molar-refractivity contribution in [3.63, 3.8) is 0 Å². The Hall–Kier alpha value is -2.46. The van der Waals surface area contributed by atoms with Crippen molar-refractivity contribution in [1.82, 2.24) is 20.3 Å². The number of carbonyl (C=O) groups is 3. The molecule has 1 saturated heterocycles. The van der Waals surface area contributed by atoms with Crippen LogP contribution in [-0.4, -0.2) is 49.3 Å². The Morgan fingerprint density at radius 2 is 1.84 bits per heavy atom. The molecule has 4 amide bonds. The number of urea groups is 1. The van der Waals surface area contributed by atoms with Crippen LogP contribution in [-0.2, 0) is 31.9 Å². The largest absolute Gasteiger partial charge is 0.350 e. The fourth-order valence-electron chi connectivity index (χ4n) is 4.41. The molecule has 1 aromatic carbocycles. The summed E-state index contributed by atoms with van der Waals surface area (Å²) >= 11 is 0. The highest BCUT2D eigenvalue weighted by molar-refractivity contribution is 7.88. The van der Waals surface area contributed by atoms with Crippen LogP contribution in [0, 0.1) is 5.92 Å². The number of nitrogens with zero attached hydrogens (tertiary/aromatic N) is 1. The number of nitrogens with one attached hydrogen (secondary N) is 3. The van der Waals surface area contributed by atoms with Crippen LogP contribution in [0.15, 0.2) is 24.3 Å². The molecule has 0 aromatic heterocycles. The molecule has 9 nitrogen and oxygen atoms in total. The van der Waals surface area contributed by atoms with Gasteiger partial charge >= 0.3 is 6.03 Å². The molecular formula is C22H32N4O5S. The molecule has 32 heavy (non-hydrogen) atoms. The molecule has 2 atom stereocenters. The Morgan fingerprint density at radius 1 is 1.19 bits per heavy atom. The molecule has 1 saturated carbocycles. The van der Waals surface area contributed by atoms with Gasteiger partial charge in [0.1, 0.15) is 12.1 Å². The van der Waals surface area contributed by atoms with Gasteiger partial charge in [0, 0.05) is 12.6 Å². The standard InChI is InChI=1S/C22H32N4O5S/c1-15(2)25-32(30,31)14-18-9-7-17(8-10-18)12-23-19(27)13-26-20(28)22(24-21(26)29)11-5-4-6-16(22)3/h7-10,15-16,25H,4-6,11-14H2,1-3H3,(H,23,27)(H,24,29)/t16-,22-/m1/s1. The van der Waals surface area contributed by atoms with Gasteiger partial charge in [0.25, 0.3) is 5.91 Å². The highest BCUT2D eigenvalue weighted by Gasteiger charge is 2.55. The lowest BCUT2D eigenvalue weighted by molar-refractivity contribution is -0.137. The van der Waals surface area contributed by atoms with E-state index in [9.17, 15) is 22.8 Å². The van der Waals surface area contributed by atoms with Crippen molar-refractivity contribution in [2.45, 2.75) is 70.3 Å². The zero-order valence-corrected chi connectivity index (χ0v) is 19.6. The Kier molecular flexibility index (Phi) is 7.24. The molecular weight excluding hydrogens is 432 g/mol. The van der Waals surface area contributed by atoms with Gasteiger partial charge in [-0.1, -0.05) is 44.0 Å². The van der Waals surface area contributed by atoms with Gasteiger partial charge in [-0.15, -0.1) is 0 Å². The third kappa shape index (κ3) is 5.47. The van der Waals surface area contributed by atoms with Crippen molar-refractivity contribution < 1.29 is 22.8 Å². The van der Waals surface area contributed by atoms with Gasteiger partial charge in [-0.3, -0.25) is 14.5 Å². The molecule has 3 rings (SSSR count). The van der Waals surface area contributed by atoms with E-state index >= 15 is 0 Å². The summed E-state index contributed by atoms with van der Waals surface area (Å²) in [6, 6.07) is 6.20. The smallest absolute Gasteiger partial charge is 0.325 e. The van der Waals surface area contributed by atoms with Crippen molar-refractivity contribution in [2.24, 2.45) is 5.92 Å². The fourth-order valence-corrected chi connectivity index (χ4v) is 5.85. The van der Waals surface area contributed by atoms with Crippen LogP contribution < -0.4 is 15.4 Å². The Labute approximate surface area is 189 Å². The van der Waals surface area contributed by atoms with E-state index < -0.39 is 27.5 Å². The lowest BCUT2D eigenvalue weighted by atomic mass is 9.73. The van der Waals surface area contributed by atoms with Gasteiger partial charge in [-0.05, 0) is 43.7 Å². The van der Waals surface area contributed by atoms with E-state index in [0.717, 1.165) is 29.7 Å². The quantitative estimate of drug-likeness (QED) is 0.505.